The quantitative estimate of drug-likeness (QED) is 0.587. The highest BCUT2D eigenvalue weighted by Gasteiger charge is 2.17. The molecule has 0 radical (unpaired) electrons. The number of likely N-dealkylation sites (tertiary alicyclic amines) is 1. The van der Waals surface area contributed by atoms with Gasteiger partial charge in [-0.25, -0.2) is 0 Å². The Bertz CT molecular complexity index is 756. The fourth-order valence-corrected chi connectivity index (χ4v) is 5.03. The zero-order valence-electron chi connectivity index (χ0n) is 14.3. The topological polar surface area (TPSA) is 32.3 Å². The lowest BCUT2D eigenvalue weighted by Crippen LogP contribution is -2.37. The summed E-state index contributed by atoms with van der Waals surface area (Å²) in [4.78, 5) is 16.8. The summed E-state index contributed by atoms with van der Waals surface area (Å²) in [6.45, 7) is 5.94. The van der Waals surface area contributed by atoms with E-state index in [1.54, 1.807) is 0 Å². The fraction of sp³-hybridized carbons (Fsp3) is 0.421. The summed E-state index contributed by atoms with van der Waals surface area (Å²) < 4.78 is 1.02. The number of nitrogens with one attached hydrogen (secondary N) is 1. The van der Waals surface area contributed by atoms with Gasteiger partial charge in [-0.2, -0.15) is 0 Å². The Morgan fingerprint density at radius 2 is 2.08 bits per heavy atom. The molecule has 1 fully saturated rings. The number of amides is 1. The fourth-order valence-electron chi connectivity index (χ4n) is 3.13. The molecule has 1 aliphatic heterocycles. The van der Waals surface area contributed by atoms with Gasteiger partial charge in [0.15, 0.2) is 0 Å². The van der Waals surface area contributed by atoms with Crippen molar-refractivity contribution in [3.8, 4) is 10.4 Å². The third-order valence-corrected chi connectivity index (χ3v) is 7.40. The van der Waals surface area contributed by atoms with E-state index in [9.17, 15) is 4.79 Å². The summed E-state index contributed by atoms with van der Waals surface area (Å²) in [6, 6.07) is 8.05. The number of rotatable bonds is 5. The summed E-state index contributed by atoms with van der Waals surface area (Å²) in [5, 5.41) is 3.82. The average Bonchev–Trinajstić information content (AvgIpc) is 3.00. The number of nitrogens with zero attached hydrogens (tertiary/aromatic N) is 1. The molecule has 2 aromatic rings. The number of hydrogen-bond donors (Lipinski definition) is 1. The molecule has 1 saturated heterocycles. The van der Waals surface area contributed by atoms with E-state index in [4.69, 9.17) is 11.6 Å². The number of carbonyl (C=O) groups excluding carboxylic acids is 1. The van der Waals surface area contributed by atoms with Crippen LogP contribution < -0.4 is 5.32 Å². The predicted octanol–water partition coefficient (Wildman–Crippen LogP) is 5.20. The van der Waals surface area contributed by atoms with Crippen molar-refractivity contribution in [1.29, 1.82) is 0 Å². The van der Waals surface area contributed by atoms with Crippen LogP contribution in [-0.4, -0.2) is 37.0 Å². The molecule has 1 aromatic heterocycles. The van der Waals surface area contributed by atoms with Gasteiger partial charge in [-0.05, 0) is 73.1 Å². The van der Waals surface area contributed by atoms with E-state index in [0.717, 1.165) is 49.1 Å². The van der Waals surface area contributed by atoms with Crippen LogP contribution in [0.4, 0.5) is 0 Å². The van der Waals surface area contributed by atoms with Crippen molar-refractivity contribution in [1.82, 2.24) is 10.2 Å². The molecule has 0 spiro atoms. The average molecular weight is 489 g/mol. The maximum absolute atomic E-state index is 12.6. The van der Waals surface area contributed by atoms with Gasteiger partial charge < -0.3 is 10.2 Å². The van der Waals surface area contributed by atoms with Crippen LogP contribution in [0.3, 0.4) is 0 Å². The van der Waals surface area contributed by atoms with Gasteiger partial charge in [0, 0.05) is 27.1 Å². The van der Waals surface area contributed by atoms with Crippen molar-refractivity contribution < 1.29 is 4.79 Å². The van der Waals surface area contributed by atoms with E-state index in [-0.39, 0.29) is 5.91 Å². The minimum Gasteiger partial charge on any atom is -0.350 e. The number of thiophene rings is 1. The van der Waals surface area contributed by atoms with Crippen molar-refractivity contribution >= 4 is 51.4 Å². The maximum atomic E-state index is 12.6. The molecule has 2 heterocycles. The van der Waals surface area contributed by atoms with Gasteiger partial charge in [0.05, 0.1) is 9.90 Å². The molecule has 3 rings (SSSR count). The molecular weight excluding hydrogens is 467 g/mol. The van der Waals surface area contributed by atoms with E-state index >= 15 is 0 Å². The summed E-state index contributed by atoms with van der Waals surface area (Å²) in [6.07, 6.45) is 3.89. The highest BCUT2D eigenvalue weighted by Crippen LogP contribution is 2.37. The van der Waals surface area contributed by atoms with Crippen LogP contribution in [0.15, 0.2) is 24.3 Å². The van der Waals surface area contributed by atoms with Crippen LogP contribution in [0.2, 0.25) is 5.02 Å². The van der Waals surface area contributed by atoms with Crippen molar-refractivity contribution in [3.05, 3.63) is 43.3 Å². The predicted molar refractivity (Wildman–Crippen MR) is 115 cm³/mol. The van der Waals surface area contributed by atoms with Crippen LogP contribution >= 0.6 is 45.5 Å². The first kappa shape index (κ1) is 19.1. The van der Waals surface area contributed by atoms with Crippen molar-refractivity contribution in [2.75, 3.05) is 26.2 Å². The number of benzene rings is 1. The van der Waals surface area contributed by atoms with Gasteiger partial charge in [0.25, 0.3) is 5.91 Å². The third kappa shape index (κ3) is 4.76. The van der Waals surface area contributed by atoms with Gasteiger partial charge in [0.2, 0.25) is 0 Å². The van der Waals surface area contributed by atoms with Crippen LogP contribution in [0, 0.1) is 10.5 Å². The van der Waals surface area contributed by atoms with Gasteiger partial charge in [0.1, 0.15) is 0 Å². The molecule has 6 heteroatoms. The summed E-state index contributed by atoms with van der Waals surface area (Å²) in [5.74, 6) is 0.0208. The lowest BCUT2D eigenvalue weighted by Gasteiger charge is -2.26. The van der Waals surface area contributed by atoms with Crippen molar-refractivity contribution in [2.24, 2.45) is 0 Å². The first-order valence-corrected chi connectivity index (χ1v) is 10.9. The number of piperidine rings is 1. The van der Waals surface area contributed by atoms with Gasteiger partial charge in [-0.3, -0.25) is 4.79 Å². The second-order valence-electron chi connectivity index (χ2n) is 6.38. The van der Waals surface area contributed by atoms with E-state index in [1.165, 1.54) is 30.6 Å². The van der Waals surface area contributed by atoms with E-state index in [2.05, 4.69) is 38.9 Å². The zero-order valence-corrected chi connectivity index (χ0v) is 18.0. The number of carbonyl (C=O) groups is 1. The molecule has 0 bridgehead atoms. The van der Waals surface area contributed by atoms with Crippen LogP contribution in [0.1, 0.15) is 34.5 Å². The first-order chi connectivity index (χ1) is 12.1. The molecule has 1 amide bonds. The minimum absolute atomic E-state index is 0.0208. The van der Waals surface area contributed by atoms with E-state index < -0.39 is 0 Å². The molecule has 0 atom stereocenters. The Morgan fingerprint density at radius 3 is 2.84 bits per heavy atom. The first-order valence-electron chi connectivity index (χ1n) is 8.61. The van der Waals surface area contributed by atoms with E-state index in [0.29, 0.717) is 6.54 Å². The van der Waals surface area contributed by atoms with Crippen molar-refractivity contribution in [2.45, 2.75) is 26.2 Å². The highest BCUT2D eigenvalue weighted by atomic mass is 127. The van der Waals surface area contributed by atoms with Crippen LogP contribution in [0.25, 0.3) is 10.4 Å². The monoisotopic (exact) mass is 488 g/mol. The van der Waals surface area contributed by atoms with E-state index in [1.807, 2.05) is 25.1 Å². The van der Waals surface area contributed by atoms with Gasteiger partial charge in [-0.1, -0.05) is 30.2 Å². The third-order valence-electron chi connectivity index (χ3n) is 4.50. The summed E-state index contributed by atoms with van der Waals surface area (Å²) >= 11 is 10.2. The van der Waals surface area contributed by atoms with Crippen LogP contribution in [0.5, 0.6) is 0 Å². The standard InChI is InChI=1S/C19H22ClIN2OS/c1-13-12-16(14-6-5-7-15(21)17(14)20)25-18(13)19(24)22-8-11-23-9-3-2-4-10-23/h5-7,12H,2-4,8-11H2,1H3,(H,22,24). The van der Waals surface area contributed by atoms with Gasteiger partial charge >= 0.3 is 0 Å². The molecule has 0 unspecified atom stereocenters. The lowest BCUT2D eigenvalue weighted by atomic mass is 10.1. The molecule has 1 aromatic carbocycles. The Balaban J connectivity index is 1.65. The molecule has 1 aliphatic rings. The highest BCUT2D eigenvalue weighted by molar-refractivity contribution is 14.1. The second-order valence-corrected chi connectivity index (χ2v) is 8.97. The molecule has 25 heavy (non-hydrogen) atoms. The molecule has 0 saturated carbocycles. The zero-order chi connectivity index (χ0) is 17.8. The lowest BCUT2D eigenvalue weighted by molar-refractivity contribution is 0.0950. The Hall–Kier alpha value is -0.630. The molecule has 0 aliphatic carbocycles. The normalized spacial score (nSPS) is 15.3. The smallest absolute Gasteiger partial charge is 0.261 e. The molecule has 3 nitrogen and oxygen atoms in total. The summed E-state index contributed by atoms with van der Waals surface area (Å²) in [7, 11) is 0. The second kappa shape index (κ2) is 8.84. The number of aryl methyl sites for hydroxylation is 1. The number of halogens is 2. The Morgan fingerprint density at radius 1 is 1.32 bits per heavy atom. The maximum Gasteiger partial charge on any atom is 0.261 e. The van der Waals surface area contributed by atoms with Crippen LogP contribution in [-0.2, 0) is 0 Å². The Kier molecular flexibility index (Phi) is 6.77. The van der Waals surface area contributed by atoms with Gasteiger partial charge in [-0.15, -0.1) is 11.3 Å². The molecule has 134 valence electrons. The summed E-state index contributed by atoms with van der Waals surface area (Å²) in [5.41, 5.74) is 2.00. The largest absolute Gasteiger partial charge is 0.350 e. The number of hydrogen-bond acceptors (Lipinski definition) is 3. The SMILES string of the molecule is Cc1cc(-c2cccc(I)c2Cl)sc1C(=O)NCCN1CCCCC1. The Labute approximate surface area is 171 Å². The minimum atomic E-state index is 0.0208. The van der Waals surface area contributed by atoms with Crippen molar-refractivity contribution in [3.63, 3.8) is 0 Å². The molecular formula is C19H22ClIN2OS. The molecule has 1 N–H and O–H groups in total.